The summed E-state index contributed by atoms with van der Waals surface area (Å²) in [6.45, 7) is 0. The first-order chi connectivity index (χ1) is 58.5. The number of benzene rings is 19. The lowest BCUT2D eigenvalue weighted by molar-refractivity contribution is 0.669. The molecule has 0 amide bonds. The first-order valence-electron chi connectivity index (χ1n) is 39.9. The molecule has 8 heteroatoms. The van der Waals surface area contributed by atoms with Crippen LogP contribution in [-0.4, -0.2) is 29.9 Å². The number of nitrogens with zero attached hydrogens (tertiary/aromatic N) is 6. The fourth-order valence-electron chi connectivity index (χ4n) is 17.9. The molecule has 0 N–H and O–H groups in total. The molecule has 0 saturated heterocycles. The standard InChI is InChI=1S/C110H66N6O2/c1-4-25-69(26-5-1)80-58-55-71-28-11-14-35-78(71)100(80)95-60-57-72-29-12-15-36-79(72)101(95)90-63-66-94(86-40-19-17-38-84(86)90)108-112-106(76-32-8-3-9-33-76)114-110(116-108)102-82(61-64-92-88-42-21-23-46-98(88)118-104(92)102)74-53-49-68(50-54-74)67-47-51-73(52-48-67)81-59-56-70-27-10-13-34-77(70)99(81)89-62-65-93(85-39-18-16-37-83(85)89)107-111-105(75-30-6-2-7-31-75)113-109(115-107)96-44-24-43-91-87-41-20-22-45-97(87)117-103(91)96/h1-66H. The monoisotopic (exact) mass is 1500 g/mol. The Balaban J connectivity index is 0.629. The van der Waals surface area contributed by atoms with E-state index in [4.69, 9.17) is 38.7 Å². The van der Waals surface area contributed by atoms with Crippen LogP contribution in [0, 0.1) is 0 Å². The molecule has 0 fully saturated rings. The molecule has 118 heavy (non-hydrogen) atoms. The van der Waals surface area contributed by atoms with Crippen LogP contribution in [0.3, 0.4) is 0 Å². The first-order valence-corrected chi connectivity index (χ1v) is 39.9. The van der Waals surface area contributed by atoms with Crippen molar-refractivity contribution in [2.75, 3.05) is 0 Å². The number of rotatable bonds is 13. The van der Waals surface area contributed by atoms with Crippen molar-refractivity contribution in [3.8, 4) is 146 Å². The molecule has 0 atom stereocenters. The Labute approximate surface area is 678 Å². The lowest BCUT2D eigenvalue weighted by Crippen LogP contribution is -2.02. The molecule has 0 aliphatic rings. The maximum Gasteiger partial charge on any atom is 0.168 e. The summed E-state index contributed by atoms with van der Waals surface area (Å²) in [7, 11) is 0. The number of hydrogen-bond acceptors (Lipinski definition) is 8. The first kappa shape index (κ1) is 67.8. The summed E-state index contributed by atoms with van der Waals surface area (Å²) < 4.78 is 13.7. The Morgan fingerprint density at radius 1 is 0.136 bits per heavy atom. The molecule has 4 heterocycles. The van der Waals surface area contributed by atoms with E-state index in [1.165, 1.54) is 27.3 Å². The molecule has 548 valence electrons. The molecule has 19 aromatic carbocycles. The van der Waals surface area contributed by atoms with Crippen molar-refractivity contribution in [2.24, 2.45) is 0 Å². The molecule has 0 unspecified atom stereocenters. The highest BCUT2D eigenvalue weighted by molar-refractivity contribution is 6.19. The molecule has 4 aromatic heterocycles. The average Bonchev–Trinajstić information content (AvgIpc) is 0.946. The van der Waals surface area contributed by atoms with Gasteiger partial charge in [-0.1, -0.05) is 364 Å². The topological polar surface area (TPSA) is 104 Å². The smallest absolute Gasteiger partial charge is 0.168 e. The molecule has 23 aromatic rings. The minimum absolute atomic E-state index is 0.497. The van der Waals surface area contributed by atoms with Gasteiger partial charge in [-0.05, 0) is 168 Å². The number of fused-ring (bicyclic) bond motifs is 11. The van der Waals surface area contributed by atoms with Gasteiger partial charge in [0.1, 0.15) is 22.3 Å². The van der Waals surface area contributed by atoms with Crippen molar-refractivity contribution in [1.82, 2.24) is 29.9 Å². The van der Waals surface area contributed by atoms with Gasteiger partial charge in [0, 0.05) is 43.8 Å². The van der Waals surface area contributed by atoms with Crippen molar-refractivity contribution < 1.29 is 8.83 Å². The molecule has 0 bridgehead atoms. The van der Waals surface area contributed by atoms with Crippen LogP contribution in [0.1, 0.15) is 0 Å². The second kappa shape index (κ2) is 28.0. The Morgan fingerprint density at radius 2 is 0.432 bits per heavy atom. The molecular formula is C110H66N6O2. The summed E-state index contributed by atoms with van der Waals surface area (Å²) in [6.07, 6.45) is 0. The highest BCUT2D eigenvalue weighted by atomic mass is 16.3. The summed E-state index contributed by atoms with van der Waals surface area (Å²) in [5.74, 6) is 3.27. The van der Waals surface area contributed by atoms with E-state index < -0.39 is 0 Å². The van der Waals surface area contributed by atoms with Gasteiger partial charge < -0.3 is 8.83 Å². The predicted molar refractivity (Wildman–Crippen MR) is 486 cm³/mol. The summed E-state index contributed by atoms with van der Waals surface area (Å²) in [4.78, 5) is 32.5. The highest BCUT2D eigenvalue weighted by Gasteiger charge is 2.28. The van der Waals surface area contributed by atoms with Gasteiger partial charge in [0.25, 0.3) is 0 Å². The van der Waals surface area contributed by atoms with Crippen molar-refractivity contribution in [3.63, 3.8) is 0 Å². The van der Waals surface area contributed by atoms with Gasteiger partial charge in [-0.25, -0.2) is 29.9 Å². The third-order valence-corrected chi connectivity index (χ3v) is 23.5. The van der Waals surface area contributed by atoms with Crippen LogP contribution in [0.25, 0.3) is 244 Å². The molecular weight excluding hydrogens is 1440 g/mol. The number of aromatic nitrogens is 6. The van der Waals surface area contributed by atoms with Gasteiger partial charge in [-0.3, -0.25) is 0 Å². The van der Waals surface area contributed by atoms with E-state index in [2.05, 4.69) is 315 Å². The largest absolute Gasteiger partial charge is 0.455 e. The lowest BCUT2D eigenvalue weighted by atomic mass is 9.82. The van der Waals surface area contributed by atoms with Crippen LogP contribution in [0.4, 0.5) is 0 Å². The fourth-order valence-corrected chi connectivity index (χ4v) is 17.9. The van der Waals surface area contributed by atoms with E-state index in [1.807, 2.05) is 84.9 Å². The van der Waals surface area contributed by atoms with Crippen molar-refractivity contribution in [2.45, 2.75) is 0 Å². The van der Waals surface area contributed by atoms with Gasteiger partial charge in [0.05, 0.1) is 11.1 Å². The quantitative estimate of drug-likeness (QED) is 0.112. The van der Waals surface area contributed by atoms with Gasteiger partial charge >= 0.3 is 0 Å². The average molecular weight is 1500 g/mol. The Morgan fingerprint density at radius 3 is 0.924 bits per heavy atom. The summed E-state index contributed by atoms with van der Waals surface area (Å²) in [5.41, 5.74) is 23.6. The predicted octanol–water partition coefficient (Wildman–Crippen LogP) is 29.3. The summed E-state index contributed by atoms with van der Waals surface area (Å²) in [6, 6.07) is 142. The Kier molecular flexibility index (Phi) is 16.1. The van der Waals surface area contributed by atoms with Crippen LogP contribution >= 0.6 is 0 Å². The molecule has 0 radical (unpaired) electrons. The third kappa shape index (κ3) is 11.4. The van der Waals surface area contributed by atoms with Crippen LogP contribution in [0.5, 0.6) is 0 Å². The number of para-hydroxylation sites is 3. The van der Waals surface area contributed by atoms with Crippen molar-refractivity contribution in [3.05, 3.63) is 400 Å². The van der Waals surface area contributed by atoms with Crippen LogP contribution in [-0.2, 0) is 0 Å². The lowest BCUT2D eigenvalue weighted by Gasteiger charge is -2.21. The fraction of sp³-hybridized carbons (Fsp3) is 0. The Hall–Kier alpha value is -15.9. The molecule has 0 spiro atoms. The van der Waals surface area contributed by atoms with Crippen LogP contribution in [0.15, 0.2) is 409 Å². The third-order valence-electron chi connectivity index (χ3n) is 23.5. The molecule has 0 aliphatic carbocycles. The highest BCUT2D eigenvalue weighted by Crippen LogP contribution is 2.51. The van der Waals surface area contributed by atoms with Gasteiger partial charge in [-0.15, -0.1) is 0 Å². The van der Waals surface area contributed by atoms with E-state index >= 15 is 0 Å². The van der Waals surface area contributed by atoms with Crippen LogP contribution < -0.4 is 0 Å². The molecule has 8 nitrogen and oxygen atoms in total. The van der Waals surface area contributed by atoms with E-state index in [0.717, 1.165) is 176 Å². The van der Waals surface area contributed by atoms with Crippen molar-refractivity contribution >= 4 is 97.7 Å². The minimum Gasteiger partial charge on any atom is -0.455 e. The molecule has 0 saturated carbocycles. The van der Waals surface area contributed by atoms with E-state index in [-0.39, 0.29) is 0 Å². The number of furan rings is 2. The number of hydrogen-bond donors (Lipinski definition) is 0. The minimum atomic E-state index is 0.497. The molecule has 0 aliphatic heterocycles. The van der Waals surface area contributed by atoms with E-state index in [1.54, 1.807) is 0 Å². The zero-order valence-electron chi connectivity index (χ0n) is 63.6. The normalized spacial score (nSPS) is 11.7. The Bertz CT molecular complexity index is 7980. The summed E-state index contributed by atoms with van der Waals surface area (Å²) in [5, 5.41) is 15.2. The SMILES string of the molecule is c1ccc(-c2nc(-c3ccc(-c4c(-c5ccc(-c6ccc(-c7ccc8c(oc9ccccc98)c7-c7nc(-c8ccccc8)nc(-c8ccc(-c9c(-c%10c(-c%11ccccc%11)ccc%11ccccc%10%11)ccc%10ccccc9%10)c9ccccc89)n7)cc6)cc5)ccc5ccccc45)c4ccccc34)nc(-c3cccc4c3oc3ccccc34)n2)cc1. The van der Waals surface area contributed by atoms with Crippen molar-refractivity contribution in [1.29, 1.82) is 0 Å². The van der Waals surface area contributed by atoms with E-state index in [9.17, 15) is 0 Å². The maximum atomic E-state index is 7.06. The summed E-state index contributed by atoms with van der Waals surface area (Å²) >= 11 is 0. The molecule has 23 rings (SSSR count). The van der Waals surface area contributed by atoms with Gasteiger partial charge in [0.2, 0.25) is 0 Å². The van der Waals surface area contributed by atoms with Crippen LogP contribution in [0.2, 0.25) is 0 Å². The maximum absolute atomic E-state index is 7.06. The van der Waals surface area contributed by atoms with Gasteiger partial charge in [-0.2, -0.15) is 0 Å². The second-order valence-corrected chi connectivity index (χ2v) is 30.1. The second-order valence-electron chi connectivity index (χ2n) is 30.1. The van der Waals surface area contributed by atoms with Gasteiger partial charge in [0.15, 0.2) is 34.9 Å². The van der Waals surface area contributed by atoms with E-state index in [0.29, 0.717) is 40.5 Å². The zero-order valence-corrected chi connectivity index (χ0v) is 63.6. The zero-order chi connectivity index (χ0) is 77.7.